The Kier molecular flexibility index (Phi) is 32.9. The molecule has 4 saturated heterocycles. The number of ketones is 1. The lowest BCUT2D eigenvalue weighted by molar-refractivity contribution is -0.171. The molecular formula is C100H122N4O9. The highest BCUT2D eigenvalue weighted by Gasteiger charge is 2.46. The van der Waals surface area contributed by atoms with E-state index in [1.165, 1.54) is 55.6 Å². The average molecular weight is 1520 g/mol. The minimum atomic E-state index is -1.42. The molecular weight excluding hydrogens is 1400 g/mol. The van der Waals surface area contributed by atoms with Crippen molar-refractivity contribution in [1.82, 2.24) is 20.8 Å². The highest BCUT2D eigenvalue weighted by molar-refractivity contribution is 6.39. The predicted octanol–water partition coefficient (Wildman–Crippen LogP) is 21.5. The third-order valence-electron chi connectivity index (χ3n) is 24.5. The molecule has 0 unspecified atom stereocenters. The summed E-state index contributed by atoms with van der Waals surface area (Å²) >= 11 is 0. The van der Waals surface area contributed by atoms with E-state index in [1.54, 1.807) is 18.2 Å². The summed E-state index contributed by atoms with van der Waals surface area (Å²) < 4.78 is 24.1. The van der Waals surface area contributed by atoms with Crippen LogP contribution in [-0.4, -0.2) is 87.7 Å². The molecule has 113 heavy (non-hydrogen) atoms. The maximum atomic E-state index is 10.7. The zero-order chi connectivity index (χ0) is 80.8. The number of nitrogens with one attached hydrogen (secondary N) is 2. The number of aliphatic carboxylic acids is 1. The van der Waals surface area contributed by atoms with Gasteiger partial charge in [-0.3, -0.25) is 4.79 Å². The lowest BCUT2D eigenvalue weighted by atomic mass is 9.65. The van der Waals surface area contributed by atoms with Gasteiger partial charge in [0, 0.05) is 42.8 Å². The summed E-state index contributed by atoms with van der Waals surface area (Å²) in [6.45, 7) is 39.8. The molecule has 0 amide bonds. The standard InChI is InChI=1S/2C23H29NO2.2C23H29NO.C8H6O3/c2*1-4-9-22-18(2)23(3,14-15-24(22)25)20-12-8-13-21(16-20)26-17-19-10-6-5-7-11-19;2*1-4-9-21-15-23(3,18(2)16-24-21)20-12-8-13-22(14-20)25-17-19-10-6-5-7-11-19;9-7(8(10)11)6-4-2-1-3-5-6/h2*4-8,10-13,16,18,22,25H,1,9,14-15,17H2,2-3H3;2*4-8,10-14,18,21,24H,1,9,15-17H2,2-3H3;1-5H,(H,10,11)/t18-,22+,23+;18-,22-,23+;2*18-,21-,23+;/m0000./s1. The lowest BCUT2D eigenvalue weighted by Gasteiger charge is -2.48. The average Bonchev–Trinajstić information content (AvgIpc) is 0.764. The molecule has 0 saturated carbocycles. The van der Waals surface area contributed by atoms with E-state index >= 15 is 0 Å². The van der Waals surface area contributed by atoms with Crippen LogP contribution < -0.4 is 29.6 Å². The maximum Gasteiger partial charge on any atom is 0.377 e. The van der Waals surface area contributed by atoms with Crippen LogP contribution in [0, 0.1) is 23.7 Å². The van der Waals surface area contributed by atoms with Crippen LogP contribution >= 0.6 is 0 Å². The molecule has 0 bridgehead atoms. The summed E-state index contributed by atoms with van der Waals surface area (Å²) in [5, 5.41) is 39.1. The Balaban J connectivity index is 0.000000165. The van der Waals surface area contributed by atoms with Gasteiger partial charge in [0.25, 0.3) is 5.78 Å². The first-order valence-corrected chi connectivity index (χ1v) is 40.3. The molecule has 4 aliphatic heterocycles. The van der Waals surface area contributed by atoms with E-state index in [2.05, 4.69) is 226 Å². The second-order valence-electron chi connectivity index (χ2n) is 31.9. The van der Waals surface area contributed by atoms with Crippen LogP contribution in [0.15, 0.2) is 299 Å². The molecule has 13 nitrogen and oxygen atoms in total. The highest BCUT2D eigenvalue weighted by Crippen LogP contribution is 2.47. The summed E-state index contributed by atoms with van der Waals surface area (Å²) in [6, 6.07) is 84.4. The molecule has 596 valence electrons. The molecule has 4 heterocycles. The number of carbonyl (C=O) groups is 2. The van der Waals surface area contributed by atoms with Gasteiger partial charge in [-0.05, 0) is 203 Å². The molecule has 5 N–H and O–H groups in total. The molecule has 9 aromatic carbocycles. The summed E-state index contributed by atoms with van der Waals surface area (Å²) in [7, 11) is 0. The van der Waals surface area contributed by atoms with Crippen molar-refractivity contribution in [3.05, 3.63) is 349 Å². The quantitative estimate of drug-likeness (QED) is 0.0198. The largest absolute Gasteiger partial charge is 0.489 e. The van der Waals surface area contributed by atoms with Crippen molar-refractivity contribution in [3.63, 3.8) is 0 Å². The number of rotatable bonds is 26. The zero-order valence-electron chi connectivity index (χ0n) is 67.9. The van der Waals surface area contributed by atoms with Crippen molar-refractivity contribution in [2.45, 2.75) is 179 Å². The first-order valence-electron chi connectivity index (χ1n) is 40.3. The number of Topliss-reactive ketones (excluding diaryl/α,β-unsaturated/α-hetero) is 1. The summed E-state index contributed by atoms with van der Waals surface area (Å²) in [4.78, 5) is 20.9. The van der Waals surface area contributed by atoms with Gasteiger partial charge in [-0.15, -0.1) is 26.3 Å². The van der Waals surface area contributed by atoms with Gasteiger partial charge in [0.2, 0.25) is 0 Å². The Labute approximate surface area is 674 Å². The Morgan fingerprint density at radius 3 is 0.947 bits per heavy atom. The van der Waals surface area contributed by atoms with E-state index < -0.39 is 11.8 Å². The fourth-order valence-electron chi connectivity index (χ4n) is 16.3. The van der Waals surface area contributed by atoms with Crippen LogP contribution in [-0.2, 0) is 52.9 Å². The number of carbonyl (C=O) groups excluding carboxylic acids is 1. The minimum absolute atomic E-state index is 0.000969. The van der Waals surface area contributed by atoms with Crippen molar-refractivity contribution >= 4 is 11.8 Å². The molecule has 0 radical (unpaired) electrons. The topological polar surface area (TPSA) is 162 Å². The SMILES string of the molecule is C=CC[C@@H]1[C@H](C)[C@](C)(c2cccc(OCc3ccccc3)c2)CCN1O.C=CC[C@H]1C[C@@](C)(c2cccc(OCc3ccccc3)c2)[C@@H](C)CN1.C=CC[C@H]1C[C@@](C)(c2cccc(OCc3ccccc3)c2)[C@@H](C)CN1.C=CC[C@H]1[C@H](C)[C@](C)(c2cccc(OCc3ccccc3)c2)CCN1O.O=C(O)C(=O)c1ccccc1. The number of hydroxylamine groups is 4. The number of carboxylic acid groups (broad SMARTS) is 1. The summed E-state index contributed by atoms with van der Waals surface area (Å²) in [5.74, 6) is 3.19. The van der Waals surface area contributed by atoms with Gasteiger partial charge in [0.05, 0.1) is 0 Å². The van der Waals surface area contributed by atoms with E-state index in [0.717, 1.165) is 98.6 Å². The molecule has 9 aromatic rings. The van der Waals surface area contributed by atoms with E-state index in [1.807, 2.05) is 109 Å². The molecule has 13 heteroatoms. The Morgan fingerprint density at radius 2 is 0.673 bits per heavy atom. The van der Waals surface area contributed by atoms with Gasteiger partial charge in [0.1, 0.15) is 49.4 Å². The van der Waals surface area contributed by atoms with Gasteiger partial charge in [-0.1, -0.05) is 280 Å². The van der Waals surface area contributed by atoms with Crippen LogP contribution in [0.4, 0.5) is 0 Å². The Bertz CT molecular complexity index is 4160. The number of hydrogen-bond acceptors (Lipinski definition) is 12. The number of piperidine rings is 4. The Morgan fingerprint density at radius 1 is 0.398 bits per heavy atom. The normalized spacial score (nSPS) is 24.6. The van der Waals surface area contributed by atoms with Crippen molar-refractivity contribution in [2.75, 3.05) is 26.2 Å². The van der Waals surface area contributed by atoms with E-state index in [9.17, 15) is 20.0 Å². The third kappa shape index (κ3) is 24.1. The second kappa shape index (κ2) is 42.8. The smallest absolute Gasteiger partial charge is 0.377 e. The summed E-state index contributed by atoms with van der Waals surface area (Å²) in [5.41, 5.74) is 10.5. The van der Waals surface area contributed by atoms with Crippen LogP contribution in [0.2, 0.25) is 0 Å². The fraction of sp³-hybridized carbons (Fsp3) is 0.360. The van der Waals surface area contributed by atoms with E-state index in [0.29, 0.717) is 75.3 Å². The van der Waals surface area contributed by atoms with Crippen molar-refractivity contribution < 1.29 is 44.1 Å². The zero-order valence-corrected chi connectivity index (χ0v) is 67.9. The molecule has 4 aliphatic rings. The second-order valence-corrected chi connectivity index (χ2v) is 31.9. The van der Waals surface area contributed by atoms with Crippen LogP contribution in [0.5, 0.6) is 23.0 Å². The summed E-state index contributed by atoms with van der Waals surface area (Å²) in [6.07, 6.45) is 15.5. The number of nitrogens with zero attached hydrogens (tertiary/aromatic N) is 2. The molecule has 4 fully saturated rings. The molecule has 12 atom stereocenters. The number of carboxylic acids is 1. The first-order chi connectivity index (χ1) is 54.5. The van der Waals surface area contributed by atoms with Gasteiger partial charge in [-0.25, -0.2) is 4.79 Å². The van der Waals surface area contributed by atoms with Crippen molar-refractivity contribution in [2.24, 2.45) is 23.7 Å². The molecule has 0 spiro atoms. The van der Waals surface area contributed by atoms with E-state index in [-0.39, 0.29) is 39.3 Å². The van der Waals surface area contributed by atoms with E-state index in [4.69, 9.17) is 24.1 Å². The maximum absolute atomic E-state index is 10.7. The first kappa shape index (κ1) is 87.0. The third-order valence-corrected chi connectivity index (χ3v) is 24.5. The van der Waals surface area contributed by atoms with Crippen molar-refractivity contribution in [1.29, 1.82) is 0 Å². The van der Waals surface area contributed by atoms with Crippen LogP contribution in [0.3, 0.4) is 0 Å². The number of hydrogen-bond donors (Lipinski definition) is 5. The highest BCUT2D eigenvalue weighted by atomic mass is 16.5. The molecule has 0 aliphatic carbocycles. The molecule has 0 aromatic heterocycles. The van der Waals surface area contributed by atoms with Crippen molar-refractivity contribution in [3.8, 4) is 23.0 Å². The van der Waals surface area contributed by atoms with Gasteiger partial charge >= 0.3 is 5.97 Å². The predicted molar refractivity (Wildman–Crippen MR) is 459 cm³/mol. The van der Waals surface area contributed by atoms with Gasteiger partial charge in [-0.2, -0.15) is 10.1 Å². The minimum Gasteiger partial charge on any atom is -0.489 e. The van der Waals surface area contributed by atoms with Gasteiger partial charge < -0.3 is 45.1 Å². The Hall–Kier alpha value is -9.96. The number of benzene rings is 9. The fourth-order valence-corrected chi connectivity index (χ4v) is 16.3. The number of ether oxygens (including phenoxy) is 4. The van der Waals surface area contributed by atoms with Crippen LogP contribution in [0.1, 0.15) is 162 Å². The monoisotopic (exact) mass is 1520 g/mol. The molecule has 13 rings (SSSR count). The van der Waals surface area contributed by atoms with Crippen LogP contribution in [0.25, 0.3) is 0 Å². The lowest BCUT2D eigenvalue weighted by Crippen LogP contribution is -2.52. The van der Waals surface area contributed by atoms with Gasteiger partial charge in [0.15, 0.2) is 0 Å².